The Bertz CT molecular complexity index is 933. The molecule has 61 heavy (non-hydrogen) atoms. The summed E-state index contributed by atoms with van der Waals surface area (Å²) in [5, 5.41) is 3.15. The van der Waals surface area contributed by atoms with E-state index >= 15 is 0 Å². The van der Waals surface area contributed by atoms with Gasteiger partial charge in [0.25, 0.3) is 0 Å². The summed E-state index contributed by atoms with van der Waals surface area (Å²) in [5.74, 6) is 1.13. The number of nitrogens with two attached hydrogens (primary N) is 4. The number of amides is 1. The highest BCUT2D eigenvalue weighted by atomic mass is 16.7. The molecule has 0 saturated heterocycles. The third-order valence-corrected chi connectivity index (χ3v) is 11.7. The third kappa shape index (κ3) is 52.5. The van der Waals surface area contributed by atoms with E-state index in [9.17, 15) is 9.59 Å². The van der Waals surface area contributed by atoms with Crippen LogP contribution in [0.2, 0.25) is 0 Å². The number of hydroxylamine groups is 1. The van der Waals surface area contributed by atoms with Gasteiger partial charge in [0.2, 0.25) is 5.91 Å². The monoisotopic (exact) mass is 863 g/mol. The van der Waals surface area contributed by atoms with Crippen LogP contribution in [0.1, 0.15) is 245 Å². The van der Waals surface area contributed by atoms with Crippen molar-refractivity contribution in [3.63, 3.8) is 0 Å². The summed E-state index contributed by atoms with van der Waals surface area (Å²) < 4.78 is 0. The lowest BCUT2D eigenvalue weighted by molar-refractivity contribution is -0.151. The summed E-state index contributed by atoms with van der Waals surface area (Å²) in [5.41, 5.74) is 25.3. The van der Waals surface area contributed by atoms with Crippen molar-refractivity contribution in [2.75, 3.05) is 39.3 Å². The molecule has 9 heteroatoms. The van der Waals surface area contributed by atoms with Crippen molar-refractivity contribution >= 4 is 11.9 Å². The van der Waals surface area contributed by atoms with E-state index in [1.54, 1.807) is 0 Å². The molecule has 10 N–H and O–H groups in total. The predicted octanol–water partition coefficient (Wildman–Crippen LogP) is 12.4. The molecule has 1 amide bonds. The molecule has 0 spiro atoms. The molecule has 0 aromatic heterocycles. The maximum absolute atomic E-state index is 12.1. The number of rotatable bonds is 47. The van der Waals surface area contributed by atoms with Crippen molar-refractivity contribution < 1.29 is 14.4 Å². The summed E-state index contributed by atoms with van der Waals surface area (Å²) in [6, 6.07) is 0. The topological polar surface area (TPSA) is 172 Å². The van der Waals surface area contributed by atoms with E-state index in [-0.39, 0.29) is 11.9 Å². The van der Waals surface area contributed by atoms with E-state index < -0.39 is 0 Å². The second-order valence-corrected chi connectivity index (χ2v) is 17.8. The lowest BCUT2D eigenvalue weighted by Gasteiger charge is -2.17. The molecule has 9 nitrogen and oxygen atoms in total. The Morgan fingerprint density at radius 3 is 1.23 bits per heavy atom. The zero-order chi connectivity index (χ0) is 45.0. The van der Waals surface area contributed by atoms with Crippen LogP contribution in [0.4, 0.5) is 0 Å². The van der Waals surface area contributed by atoms with Gasteiger partial charge in [-0.2, -0.15) is 5.48 Å². The number of hydrogen-bond donors (Lipinski definition) is 6. The van der Waals surface area contributed by atoms with Crippen molar-refractivity contribution in [2.45, 2.75) is 245 Å². The van der Waals surface area contributed by atoms with Gasteiger partial charge in [0, 0.05) is 25.9 Å². The Morgan fingerprint density at radius 1 is 0.426 bits per heavy atom. The first kappa shape index (κ1) is 61.3. The van der Waals surface area contributed by atoms with Crippen LogP contribution in [0.25, 0.3) is 0 Å². The number of nitrogens with one attached hydrogen (secondary N) is 2. The zero-order valence-electron chi connectivity index (χ0n) is 40.7. The van der Waals surface area contributed by atoms with Crippen LogP contribution in [-0.2, 0) is 14.4 Å². The van der Waals surface area contributed by atoms with E-state index in [4.69, 9.17) is 27.8 Å². The maximum Gasteiger partial charge on any atom is 0.324 e. The SMILES string of the molecule is CCCCCC/C=C/CCCCCCCC(=O)ONCC(CCCN)CCCCN.CCCCCCCC/C=C/CCCCCCCC(=O)NCC(CCCN)CCCCN. The van der Waals surface area contributed by atoms with Gasteiger partial charge in [-0.05, 0) is 154 Å². The second-order valence-electron chi connectivity index (χ2n) is 17.8. The first-order valence-corrected chi connectivity index (χ1v) is 26.3. The maximum atomic E-state index is 12.1. The normalized spacial score (nSPS) is 12.5. The molecule has 0 radical (unpaired) electrons. The van der Waals surface area contributed by atoms with Gasteiger partial charge in [0.15, 0.2) is 0 Å². The minimum Gasteiger partial charge on any atom is -0.371 e. The summed E-state index contributed by atoms with van der Waals surface area (Å²) >= 11 is 0. The molecule has 0 aromatic carbocycles. The van der Waals surface area contributed by atoms with Gasteiger partial charge in [-0.1, -0.05) is 141 Å². The summed E-state index contributed by atoms with van der Waals surface area (Å²) in [4.78, 5) is 29.2. The molecule has 0 aromatic rings. The van der Waals surface area contributed by atoms with Crippen molar-refractivity contribution in [1.29, 1.82) is 0 Å². The lowest BCUT2D eigenvalue weighted by Crippen LogP contribution is -2.29. The molecule has 362 valence electrons. The van der Waals surface area contributed by atoms with Crippen molar-refractivity contribution in [3.05, 3.63) is 24.3 Å². The fraction of sp³-hybridized carbons (Fsp3) is 0.885. The number of hydrogen-bond acceptors (Lipinski definition) is 8. The Balaban J connectivity index is 0. The number of carbonyl (C=O) groups excluding carboxylic acids is 2. The minimum atomic E-state index is -0.138. The average Bonchev–Trinajstić information content (AvgIpc) is 3.26. The number of carbonyl (C=O) groups is 2. The van der Waals surface area contributed by atoms with Crippen molar-refractivity contribution in [3.8, 4) is 0 Å². The molecular formula is C52H106N6O3. The molecular weight excluding hydrogens is 757 g/mol. The smallest absolute Gasteiger partial charge is 0.324 e. The largest absolute Gasteiger partial charge is 0.371 e. The third-order valence-electron chi connectivity index (χ3n) is 11.7. The molecule has 0 aliphatic rings. The van der Waals surface area contributed by atoms with Gasteiger partial charge in [-0.25, -0.2) is 0 Å². The summed E-state index contributed by atoms with van der Waals surface area (Å²) in [6.45, 7) is 8.97. The minimum absolute atomic E-state index is 0.138. The lowest BCUT2D eigenvalue weighted by atomic mass is 9.96. The van der Waals surface area contributed by atoms with E-state index in [1.165, 1.54) is 135 Å². The molecule has 0 aliphatic carbocycles. The van der Waals surface area contributed by atoms with Crippen molar-refractivity contribution in [2.24, 2.45) is 34.8 Å². The standard InChI is InChI=1S/C27H55N3O.C25H51N3O2/c1-2-3-4-5-6-7-8-9-10-11-12-13-14-15-16-22-27(31)30-25-26(21-19-24-29)20-17-18-23-28;1-2-3-4-5-6-7-8-9-10-11-12-13-14-20-25(29)30-28-23-24(19-17-22-27)18-15-16-21-26/h9-10,26H,2-8,11-25,28-29H2,1H3,(H,30,31);7-8,24,28H,2-6,9-23,26-27H2,1H3/b10-9+;8-7+. The van der Waals surface area contributed by atoms with E-state index in [2.05, 4.69) is 48.9 Å². The quantitative estimate of drug-likeness (QED) is 0.0199. The molecule has 0 aliphatic heterocycles. The van der Waals surface area contributed by atoms with Crippen LogP contribution in [0.3, 0.4) is 0 Å². The van der Waals surface area contributed by atoms with Gasteiger partial charge in [-0.15, -0.1) is 0 Å². The second kappa shape index (κ2) is 54.4. The van der Waals surface area contributed by atoms with E-state index in [0.717, 1.165) is 110 Å². The highest BCUT2D eigenvalue weighted by molar-refractivity contribution is 5.75. The summed E-state index contributed by atoms with van der Waals surface area (Å²) in [7, 11) is 0. The average molecular weight is 863 g/mol. The Hall–Kier alpha value is -1.78. The molecule has 2 unspecified atom stereocenters. The molecule has 0 rings (SSSR count). The van der Waals surface area contributed by atoms with Crippen LogP contribution < -0.4 is 33.7 Å². The Labute approximate surface area is 379 Å². The highest BCUT2D eigenvalue weighted by Gasteiger charge is 2.11. The fourth-order valence-electron chi connectivity index (χ4n) is 7.65. The highest BCUT2D eigenvalue weighted by Crippen LogP contribution is 2.16. The predicted molar refractivity (Wildman–Crippen MR) is 266 cm³/mol. The van der Waals surface area contributed by atoms with Gasteiger partial charge < -0.3 is 33.1 Å². The van der Waals surface area contributed by atoms with E-state index in [0.29, 0.717) is 37.8 Å². The first-order chi connectivity index (χ1) is 30.0. The fourth-order valence-corrected chi connectivity index (χ4v) is 7.65. The van der Waals surface area contributed by atoms with E-state index in [1.807, 2.05) is 0 Å². The van der Waals surface area contributed by atoms with Crippen molar-refractivity contribution in [1.82, 2.24) is 10.8 Å². The van der Waals surface area contributed by atoms with Crippen LogP contribution in [0, 0.1) is 11.8 Å². The van der Waals surface area contributed by atoms with Gasteiger partial charge in [0.1, 0.15) is 0 Å². The van der Waals surface area contributed by atoms with Crippen LogP contribution in [0.5, 0.6) is 0 Å². The van der Waals surface area contributed by atoms with Crippen LogP contribution >= 0.6 is 0 Å². The molecule has 0 bridgehead atoms. The van der Waals surface area contributed by atoms with Gasteiger partial charge >= 0.3 is 5.97 Å². The van der Waals surface area contributed by atoms with Crippen LogP contribution in [0.15, 0.2) is 24.3 Å². The molecule has 2 atom stereocenters. The zero-order valence-corrected chi connectivity index (χ0v) is 40.7. The van der Waals surface area contributed by atoms with Gasteiger partial charge in [-0.3, -0.25) is 9.59 Å². The number of unbranched alkanes of at least 4 members (excludes halogenated alkanes) is 22. The molecule has 0 saturated carbocycles. The molecule has 0 heterocycles. The van der Waals surface area contributed by atoms with Gasteiger partial charge in [0.05, 0.1) is 0 Å². The summed E-state index contributed by atoms with van der Waals surface area (Å²) in [6.07, 6.45) is 51.7. The first-order valence-electron chi connectivity index (χ1n) is 26.3. The Kier molecular flexibility index (Phi) is 54.6. The number of allylic oxidation sites excluding steroid dienone is 4. The molecule has 0 fully saturated rings. The van der Waals surface area contributed by atoms with Crippen LogP contribution in [-0.4, -0.2) is 51.1 Å². The Morgan fingerprint density at radius 2 is 0.787 bits per heavy atom.